The van der Waals surface area contributed by atoms with E-state index in [1.54, 1.807) is 0 Å². The highest BCUT2D eigenvalue weighted by Crippen LogP contribution is 2.16. The Bertz CT molecular complexity index is 413. The van der Waals surface area contributed by atoms with Gasteiger partial charge in [0.15, 0.2) is 0 Å². The van der Waals surface area contributed by atoms with Crippen LogP contribution in [-0.2, 0) is 0 Å². The molecule has 0 radical (unpaired) electrons. The third-order valence-corrected chi connectivity index (χ3v) is 3.58. The maximum absolute atomic E-state index is 11.9. The highest BCUT2D eigenvalue weighted by atomic mass is 35.5. The Morgan fingerprint density at radius 2 is 1.94 bits per heavy atom. The Morgan fingerprint density at radius 1 is 1.29 bits per heavy atom. The van der Waals surface area contributed by atoms with Crippen LogP contribution in [0.4, 0.5) is 0 Å². The van der Waals surface area contributed by atoms with E-state index < -0.39 is 0 Å². The van der Waals surface area contributed by atoms with Crippen molar-refractivity contribution in [3.63, 3.8) is 0 Å². The second-order valence-corrected chi connectivity index (χ2v) is 5.55. The highest BCUT2D eigenvalue weighted by molar-refractivity contribution is 6.18. The summed E-state index contributed by atoms with van der Waals surface area (Å²) in [5, 5.41) is 2.91. The third kappa shape index (κ3) is 4.04. The Morgan fingerprint density at radius 3 is 2.47 bits per heavy atom. The lowest BCUT2D eigenvalue weighted by Crippen LogP contribution is -2.35. The zero-order chi connectivity index (χ0) is 13.1. The molecule has 2 nitrogen and oxygen atoms in total. The molecular weight excluding hydrogens is 234 g/mol. The van der Waals surface area contributed by atoms with Crippen LogP contribution in [0, 0.1) is 19.3 Å². The number of carbonyl (C=O) groups is 1. The quantitative estimate of drug-likeness (QED) is 0.820. The van der Waals surface area contributed by atoms with Gasteiger partial charge in [0.1, 0.15) is 0 Å². The van der Waals surface area contributed by atoms with Gasteiger partial charge in [-0.25, -0.2) is 0 Å². The molecule has 0 heterocycles. The van der Waals surface area contributed by atoms with Crippen LogP contribution in [-0.4, -0.2) is 18.3 Å². The molecule has 0 unspecified atom stereocenters. The molecule has 1 rings (SSSR count). The molecule has 0 aliphatic rings. The fourth-order valence-corrected chi connectivity index (χ4v) is 1.45. The molecule has 1 N–H and O–H groups in total. The van der Waals surface area contributed by atoms with E-state index in [9.17, 15) is 4.79 Å². The zero-order valence-corrected chi connectivity index (χ0v) is 11.7. The van der Waals surface area contributed by atoms with Gasteiger partial charge in [-0.2, -0.15) is 0 Å². The van der Waals surface area contributed by atoms with Crippen molar-refractivity contribution in [1.29, 1.82) is 0 Å². The summed E-state index contributed by atoms with van der Waals surface area (Å²) in [4.78, 5) is 11.9. The first-order chi connectivity index (χ1) is 7.85. The van der Waals surface area contributed by atoms with E-state index >= 15 is 0 Å². The van der Waals surface area contributed by atoms with Crippen molar-refractivity contribution < 1.29 is 4.79 Å². The van der Waals surface area contributed by atoms with E-state index in [1.165, 1.54) is 5.56 Å². The Hall–Kier alpha value is -1.02. The van der Waals surface area contributed by atoms with Gasteiger partial charge < -0.3 is 5.32 Å². The Balaban J connectivity index is 2.68. The van der Waals surface area contributed by atoms with E-state index in [0.717, 1.165) is 5.56 Å². The van der Waals surface area contributed by atoms with Crippen molar-refractivity contribution in [2.75, 3.05) is 12.4 Å². The minimum absolute atomic E-state index is 0.0358. The lowest BCUT2D eigenvalue weighted by Gasteiger charge is -2.21. The molecule has 0 spiro atoms. The predicted molar refractivity (Wildman–Crippen MR) is 72.8 cm³/mol. The summed E-state index contributed by atoms with van der Waals surface area (Å²) in [7, 11) is 0. The molecule has 0 aromatic heterocycles. The van der Waals surface area contributed by atoms with E-state index in [2.05, 4.69) is 5.32 Å². The number of carbonyl (C=O) groups excluding carboxylic acids is 1. The maximum Gasteiger partial charge on any atom is 0.251 e. The molecule has 0 aliphatic carbocycles. The minimum atomic E-state index is -0.0725. The highest BCUT2D eigenvalue weighted by Gasteiger charge is 2.17. The molecule has 0 bridgehead atoms. The SMILES string of the molecule is Cc1ccc(C(=O)NCC(C)(C)CCl)cc1C. The van der Waals surface area contributed by atoms with Gasteiger partial charge in [0, 0.05) is 18.0 Å². The molecule has 0 aliphatic heterocycles. The summed E-state index contributed by atoms with van der Waals surface area (Å²) < 4.78 is 0. The molecule has 0 atom stereocenters. The smallest absolute Gasteiger partial charge is 0.251 e. The number of alkyl halides is 1. The number of aryl methyl sites for hydroxylation is 2. The monoisotopic (exact) mass is 253 g/mol. The second-order valence-electron chi connectivity index (χ2n) is 5.28. The van der Waals surface area contributed by atoms with Crippen LogP contribution in [0.15, 0.2) is 18.2 Å². The van der Waals surface area contributed by atoms with Gasteiger partial charge in [-0.3, -0.25) is 4.79 Å². The van der Waals surface area contributed by atoms with E-state index in [4.69, 9.17) is 11.6 Å². The number of hydrogen-bond acceptors (Lipinski definition) is 1. The first-order valence-electron chi connectivity index (χ1n) is 5.77. The largest absolute Gasteiger partial charge is 0.351 e. The molecule has 94 valence electrons. The van der Waals surface area contributed by atoms with Gasteiger partial charge in [0.25, 0.3) is 5.91 Å². The van der Waals surface area contributed by atoms with Crippen LogP contribution in [0.25, 0.3) is 0 Å². The van der Waals surface area contributed by atoms with Crippen molar-refractivity contribution in [2.24, 2.45) is 5.41 Å². The first-order valence-corrected chi connectivity index (χ1v) is 6.30. The molecule has 3 heteroatoms. The van der Waals surface area contributed by atoms with Gasteiger partial charge in [0.05, 0.1) is 0 Å². The summed E-state index contributed by atoms with van der Waals surface area (Å²) in [6.45, 7) is 8.69. The minimum Gasteiger partial charge on any atom is -0.351 e. The lowest BCUT2D eigenvalue weighted by molar-refractivity contribution is 0.0940. The summed E-state index contributed by atoms with van der Waals surface area (Å²) in [6, 6.07) is 5.74. The van der Waals surface area contributed by atoms with Gasteiger partial charge in [-0.1, -0.05) is 19.9 Å². The normalized spacial score (nSPS) is 11.4. The van der Waals surface area contributed by atoms with Crippen molar-refractivity contribution >= 4 is 17.5 Å². The van der Waals surface area contributed by atoms with Crippen LogP contribution < -0.4 is 5.32 Å². The standard InChI is InChI=1S/C14H20ClNO/c1-10-5-6-12(7-11(10)2)13(17)16-9-14(3,4)8-15/h5-7H,8-9H2,1-4H3,(H,16,17). The average molecular weight is 254 g/mol. The van der Waals surface area contributed by atoms with Crippen LogP contribution in [0.1, 0.15) is 35.3 Å². The molecule has 0 fully saturated rings. The van der Waals surface area contributed by atoms with Crippen LogP contribution >= 0.6 is 11.6 Å². The van der Waals surface area contributed by atoms with E-state index in [1.807, 2.05) is 45.9 Å². The van der Waals surface area contributed by atoms with Crippen LogP contribution in [0.3, 0.4) is 0 Å². The summed E-state index contributed by atoms with van der Waals surface area (Å²) >= 11 is 5.82. The topological polar surface area (TPSA) is 29.1 Å². The molecular formula is C14H20ClNO. The van der Waals surface area contributed by atoms with Crippen molar-refractivity contribution in [3.05, 3.63) is 34.9 Å². The molecule has 1 amide bonds. The van der Waals surface area contributed by atoms with Crippen molar-refractivity contribution in [3.8, 4) is 0 Å². The molecule has 1 aromatic rings. The van der Waals surface area contributed by atoms with Gasteiger partial charge in [-0.05, 0) is 42.5 Å². The number of nitrogens with one attached hydrogen (secondary N) is 1. The summed E-state index contributed by atoms with van der Waals surface area (Å²) in [5.41, 5.74) is 2.96. The molecule has 0 saturated heterocycles. The lowest BCUT2D eigenvalue weighted by atomic mass is 9.96. The summed E-state index contributed by atoms with van der Waals surface area (Å²) in [5.74, 6) is 0.492. The zero-order valence-electron chi connectivity index (χ0n) is 10.9. The predicted octanol–water partition coefficient (Wildman–Crippen LogP) is 3.30. The third-order valence-electron chi connectivity index (χ3n) is 2.86. The van der Waals surface area contributed by atoms with Crippen LogP contribution in [0.5, 0.6) is 0 Å². The van der Waals surface area contributed by atoms with Gasteiger partial charge >= 0.3 is 0 Å². The number of benzene rings is 1. The molecule has 17 heavy (non-hydrogen) atoms. The van der Waals surface area contributed by atoms with Gasteiger partial charge in [-0.15, -0.1) is 11.6 Å². The van der Waals surface area contributed by atoms with E-state index in [-0.39, 0.29) is 11.3 Å². The maximum atomic E-state index is 11.9. The second kappa shape index (κ2) is 5.54. The van der Waals surface area contributed by atoms with E-state index in [0.29, 0.717) is 18.0 Å². The number of amides is 1. The van der Waals surface area contributed by atoms with Gasteiger partial charge in [0.2, 0.25) is 0 Å². The molecule has 0 saturated carbocycles. The van der Waals surface area contributed by atoms with Crippen molar-refractivity contribution in [2.45, 2.75) is 27.7 Å². The number of halogens is 1. The van der Waals surface area contributed by atoms with Crippen LogP contribution in [0.2, 0.25) is 0 Å². The summed E-state index contributed by atoms with van der Waals surface area (Å²) in [6.07, 6.45) is 0. The fourth-order valence-electron chi connectivity index (χ4n) is 1.35. The fraction of sp³-hybridized carbons (Fsp3) is 0.500. The van der Waals surface area contributed by atoms with Crippen molar-refractivity contribution in [1.82, 2.24) is 5.32 Å². The Labute approximate surface area is 108 Å². The number of hydrogen-bond donors (Lipinski definition) is 1. The Kier molecular flexibility index (Phi) is 4.58. The molecule has 1 aromatic carbocycles. The first kappa shape index (κ1) is 14.0. The number of rotatable bonds is 4. The average Bonchev–Trinajstić information content (AvgIpc) is 2.30.